The van der Waals surface area contributed by atoms with Crippen LogP contribution in [-0.4, -0.2) is 30.4 Å². The highest BCUT2D eigenvalue weighted by atomic mass is 16.1. The molecule has 1 atom stereocenters. The normalized spacial score (nSPS) is 18.1. The van der Waals surface area contributed by atoms with Gasteiger partial charge in [-0.3, -0.25) is 4.79 Å². The molecule has 1 unspecified atom stereocenters. The molecule has 1 amide bonds. The predicted molar refractivity (Wildman–Crippen MR) is 109 cm³/mol. The first-order valence-corrected chi connectivity index (χ1v) is 10.1. The van der Waals surface area contributed by atoms with Gasteiger partial charge in [0.1, 0.15) is 0 Å². The van der Waals surface area contributed by atoms with Crippen molar-refractivity contribution in [3.63, 3.8) is 0 Å². The number of piperidine rings is 1. The maximum absolute atomic E-state index is 12.8. The molecule has 1 aliphatic heterocycles. The van der Waals surface area contributed by atoms with Gasteiger partial charge in [-0.15, -0.1) is 0 Å². The lowest BCUT2D eigenvalue weighted by Gasteiger charge is -2.37. The van der Waals surface area contributed by atoms with Gasteiger partial charge in [-0.1, -0.05) is 62.7 Å². The highest BCUT2D eigenvalue weighted by Gasteiger charge is 2.42. The van der Waals surface area contributed by atoms with Crippen LogP contribution in [0.3, 0.4) is 0 Å². The van der Waals surface area contributed by atoms with Crippen molar-refractivity contribution in [3.05, 3.63) is 48.0 Å². The third kappa shape index (κ3) is 3.64. The van der Waals surface area contributed by atoms with Gasteiger partial charge in [-0.05, 0) is 67.6 Å². The van der Waals surface area contributed by atoms with Gasteiger partial charge >= 0.3 is 0 Å². The van der Waals surface area contributed by atoms with E-state index in [4.69, 9.17) is 5.73 Å². The fourth-order valence-electron chi connectivity index (χ4n) is 4.65. The number of amides is 1. The molecule has 1 saturated heterocycles. The summed E-state index contributed by atoms with van der Waals surface area (Å²) in [5, 5.41) is 2.33. The molecule has 0 spiro atoms. The Morgan fingerprint density at radius 2 is 1.77 bits per heavy atom. The second-order valence-electron chi connectivity index (χ2n) is 8.02. The van der Waals surface area contributed by atoms with Crippen molar-refractivity contribution in [2.75, 3.05) is 19.6 Å². The second kappa shape index (κ2) is 8.22. The van der Waals surface area contributed by atoms with Crippen LogP contribution in [0.1, 0.15) is 51.5 Å². The van der Waals surface area contributed by atoms with Crippen LogP contribution in [0.15, 0.2) is 42.5 Å². The molecule has 0 radical (unpaired) electrons. The highest BCUT2D eigenvalue weighted by molar-refractivity contribution is 5.95. The number of benzene rings is 2. The third-order valence-electron chi connectivity index (χ3n) is 6.19. The lowest BCUT2D eigenvalue weighted by molar-refractivity contribution is -0.125. The maximum Gasteiger partial charge on any atom is 0.228 e. The molecule has 0 aliphatic carbocycles. The maximum atomic E-state index is 12.8. The van der Waals surface area contributed by atoms with E-state index in [1.165, 1.54) is 37.7 Å². The van der Waals surface area contributed by atoms with Gasteiger partial charge in [0.15, 0.2) is 0 Å². The lowest BCUT2D eigenvalue weighted by atomic mass is 9.67. The Bertz CT molecular complexity index is 743. The first-order valence-electron chi connectivity index (χ1n) is 10.1. The Labute approximate surface area is 157 Å². The molecule has 3 nitrogen and oxygen atoms in total. The first-order chi connectivity index (χ1) is 12.6. The standard InChI is InChI=1S/C23H32N2O/c1-18(2)23(22(24)26,14-9-17-25-15-6-3-7-16-25)21-13-8-11-19-10-4-5-12-20(19)21/h4-5,8,10-13,18H,3,6-7,9,14-17H2,1-2H3,(H2,24,26). The SMILES string of the molecule is CC(C)C(CCCN1CCCCC1)(C(N)=O)c1cccc2ccccc12. The van der Waals surface area contributed by atoms with Gasteiger partial charge in [0, 0.05) is 0 Å². The van der Waals surface area contributed by atoms with Crippen molar-refractivity contribution in [2.45, 2.75) is 51.4 Å². The third-order valence-corrected chi connectivity index (χ3v) is 6.19. The van der Waals surface area contributed by atoms with Gasteiger partial charge in [-0.25, -0.2) is 0 Å². The molecule has 0 saturated carbocycles. The van der Waals surface area contributed by atoms with Crippen LogP contribution < -0.4 is 5.73 Å². The van der Waals surface area contributed by atoms with Crippen molar-refractivity contribution < 1.29 is 4.79 Å². The molecule has 1 heterocycles. The fourth-order valence-corrected chi connectivity index (χ4v) is 4.65. The molecule has 2 aromatic rings. The van der Waals surface area contributed by atoms with Crippen molar-refractivity contribution in [1.29, 1.82) is 0 Å². The van der Waals surface area contributed by atoms with Crippen LogP contribution in [0.5, 0.6) is 0 Å². The van der Waals surface area contributed by atoms with E-state index in [2.05, 4.69) is 49.1 Å². The molecule has 0 aromatic heterocycles. The Kier molecular flexibility index (Phi) is 5.98. The van der Waals surface area contributed by atoms with E-state index < -0.39 is 5.41 Å². The molecular weight excluding hydrogens is 320 g/mol. The first kappa shape index (κ1) is 18.9. The summed E-state index contributed by atoms with van der Waals surface area (Å²) < 4.78 is 0. The van der Waals surface area contributed by atoms with Gasteiger partial charge in [0.2, 0.25) is 5.91 Å². The zero-order valence-electron chi connectivity index (χ0n) is 16.2. The lowest BCUT2D eigenvalue weighted by Crippen LogP contribution is -2.46. The van der Waals surface area contributed by atoms with Crippen molar-refractivity contribution in [1.82, 2.24) is 4.90 Å². The van der Waals surface area contributed by atoms with E-state index in [1.54, 1.807) is 0 Å². The second-order valence-corrected chi connectivity index (χ2v) is 8.02. The quantitative estimate of drug-likeness (QED) is 0.798. The largest absolute Gasteiger partial charge is 0.369 e. The van der Waals surface area contributed by atoms with Crippen molar-refractivity contribution in [2.24, 2.45) is 11.7 Å². The predicted octanol–water partition coefficient (Wildman–Crippen LogP) is 4.49. The molecule has 2 aromatic carbocycles. The summed E-state index contributed by atoms with van der Waals surface area (Å²) in [6, 6.07) is 14.6. The Morgan fingerprint density at radius 1 is 1.08 bits per heavy atom. The minimum absolute atomic E-state index is 0.159. The summed E-state index contributed by atoms with van der Waals surface area (Å²) in [7, 11) is 0. The van der Waals surface area contributed by atoms with E-state index in [9.17, 15) is 4.79 Å². The number of carbonyl (C=O) groups excluding carboxylic acids is 1. The van der Waals surface area contributed by atoms with E-state index in [0.717, 1.165) is 30.3 Å². The number of hydrogen-bond donors (Lipinski definition) is 1. The summed E-state index contributed by atoms with van der Waals surface area (Å²) in [5.74, 6) is -0.0327. The van der Waals surface area contributed by atoms with Gasteiger partial charge in [0.25, 0.3) is 0 Å². The number of likely N-dealkylation sites (tertiary alicyclic amines) is 1. The van der Waals surface area contributed by atoms with Gasteiger partial charge in [-0.2, -0.15) is 0 Å². The smallest absolute Gasteiger partial charge is 0.228 e. The zero-order valence-corrected chi connectivity index (χ0v) is 16.2. The van der Waals surface area contributed by atoms with Gasteiger partial charge < -0.3 is 10.6 Å². The van der Waals surface area contributed by atoms with E-state index in [-0.39, 0.29) is 11.8 Å². The molecule has 2 N–H and O–H groups in total. The van der Waals surface area contributed by atoms with Crippen molar-refractivity contribution >= 4 is 16.7 Å². The van der Waals surface area contributed by atoms with Crippen LogP contribution in [0, 0.1) is 5.92 Å². The van der Waals surface area contributed by atoms with Crippen LogP contribution in [-0.2, 0) is 10.2 Å². The number of nitrogens with two attached hydrogens (primary N) is 1. The average Bonchev–Trinajstić information content (AvgIpc) is 2.65. The fraction of sp³-hybridized carbons (Fsp3) is 0.522. The summed E-state index contributed by atoms with van der Waals surface area (Å²) in [6.45, 7) is 7.71. The number of nitrogens with zero attached hydrogens (tertiary/aromatic N) is 1. The molecule has 140 valence electrons. The van der Waals surface area contributed by atoms with E-state index in [1.807, 2.05) is 12.1 Å². The number of carbonyl (C=O) groups is 1. The van der Waals surface area contributed by atoms with Crippen LogP contribution >= 0.6 is 0 Å². The minimum atomic E-state index is -0.614. The zero-order chi connectivity index (χ0) is 18.6. The van der Waals surface area contributed by atoms with E-state index >= 15 is 0 Å². The van der Waals surface area contributed by atoms with Crippen molar-refractivity contribution in [3.8, 4) is 0 Å². The molecular formula is C23H32N2O. The Balaban J connectivity index is 1.92. The highest BCUT2D eigenvalue weighted by Crippen LogP contribution is 2.40. The molecule has 1 aliphatic rings. The minimum Gasteiger partial charge on any atom is -0.369 e. The molecule has 3 rings (SSSR count). The Morgan fingerprint density at radius 3 is 2.46 bits per heavy atom. The molecule has 0 bridgehead atoms. The van der Waals surface area contributed by atoms with Crippen LogP contribution in [0.4, 0.5) is 0 Å². The summed E-state index contributed by atoms with van der Waals surface area (Å²) in [5.41, 5.74) is 6.54. The van der Waals surface area contributed by atoms with Crippen LogP contribution in [0.2, 0.25) is 0 Å². The van der Waals surface area contributed by atoms with E-state index in [0.29, 0.717) is 0 Å². The molecule has 26 heavy (non-hydrogen) atoms. The monoisotopic (exact) mass is 352 g/mol. The molecule has 3 heteroatoms. The van der Waals surface area contributed by atoms with Crippen LogP contribution in [0.25, 0.3) is 10.8 Å². The number of fused-ring (bicyclic) bond motifs is 1. The Hall–Kier alpha value is -1.87. The number of rotatable bonds is 7. The summed E-state index contributed by atoms with van der Waals surface area (Å²) >= 11 is 0. The topological polar surface area (TPSA) is 46.3 Å². The average molecular weight is 353 g/mol. The summed E-state index contributed by atoms with van der Waals surface area (Å²) in [4.78, 5) is 15.3. The number of hydrogen-bond acceptors (Lipinski definition) is 2. The number of primary amides is 1. The van der Waals surface area contributed by atoms with Gasteiger partial charge in [0.05, 0.1) is 5.41 Å². The summed E-state index contributed by atoms with van der Waals surface area (Å²) in [6.07, 6.45) is 5.77. The molecule has 1 fully saturated rings.